The SMILES string of the molecule is C.CC(C)(C)OC(=O)OC(=O)OC(C)(C)C.CC1CC(=O)CC(C)N1.C[C@@H]1CC(=O)C[C@H](C)N1C(=O)OC(C)(C)C.C[C@H]1C=C(OS(=O)(=O)C(F)(F)F)C[C@H](C)N1C(=O)OC(C)(C)C.C[C@H]1CC(=O)C[C@H](C)N1C(=O)OC(C)(C)C.C[C@H]1CC(=O)C[C@H](C)N1C(=O)OC(C)(C)C.O=S(=O)(N(c1ccccc1)S(=O)(=O)C(F)(F)F)C(F)(F)F.[2H]CS.[H-].[Na+].[Na+].[OH-]. The van der Waals surface area contributed by atoms with Crippen LogP contribution in [-0.2, 0) is 86.7 Å². The molecule has 0 saturated carbocycles. The van der Waals surface area contributed by atoms with Gasteiger partial charge >= 0.3 is 142 Å². The molecule has 1 aromatic rings. The minimum absolute atomic E-state index is 0. The Kier molecular flexibility index (Phi) is 52.8. The van der Waals surface area contributed by atoms with Gasteiger partial charge in [-0.05, 0) is 218 Å². The van der Waals surface area contributed by atoms with Gasteiger partial charge in [0.2, 0.25) is 0 Å². The number of alkyl halides is 9. The fraction of sp³-hybridized carbons (Fsp3) is 0.763. The molecule has 46 heteroatoms. The van der Waals surface area contributed by atoms with Crippen LogP contribution in [0.2, 0.25) is 0 Å². The number of likely N-dealkylation sites (tertiary alicyclic amines) is 3. The maximum atomic E-state index is 12.4. The Bertz CT molecular complexity index is 3690. The van der Waals surface area contributed by atoms with E-state index in [2.05, 4.69) is 26.9 Å². The second kappa shape index (κ2) is 51.5. The van der Waals surface area contributed by atoms with Gasteiger partial charge in [-0.2, -0.15) is 77.4 Å². The van der Waals surface area contributed by atoms with Crippen molar-refractivity contribution in [3.8, 4) is 0 Å². The van der Waals surface area contributed by atoms with Crippen LogP contribution >= 0.6 is 12.6 Å². The molecule has 122 heavy (non-hydrogen) atoms. The predicted molar refractivity (Wildman–Crippen MR) is 433 cm³/mol. The number of ether oxygens (including phenoxy) is 7. The molecule has 0 aromatic heterocycles. The monoisotopic (exact) mass is 1870 g/mol. The first-order valence-corrected chi connectivity index (χ1v) is 42.1. The Hall–Kier alpha value is -5.45. The first-order chi connectivity index (χ1) is 53.1. The van der Waals surface area contributed by atoms with E-state index in [0.717, 1.165) is 24.3 Å². The number of nitrogens with zero attached hydrogens (tertiary/aromatic N) is 5. The molecule has 0 spiro atoms. The third-order valence-corrected chi connectivity index (χ3v) is 20.0. The van der Waals surface area contributed by atoms with Gasteiger partial charge in [0, 0.05) is 114 Å². The molecule has 4 fully saturated rings. The zero-order valence-electron chi connectivity index (χ0n) is 76.9. The maximum Gasteiger partial charge on any atom is 1.00 e. The largest absolute Gasteiger partial charge is 1.00 e. The van der Waals surface area contributed by atoms with Gasteiger partial charge in [0.05, 0.1) is 11.7 Å². The number of benzene rings is 1. The number of rotatable bonds is 5. The number of ketones is 4. The summed E-state index contributed by atoms with van der Waals surface area (Å²) in [7, 11) is -19.3. The van der Waals surface area contributed by atoms with E-state index in [0.29, 0.717) is 81.4 Å². The molecule has 4 amide bonds. The number of para-hydroxylation sites is 1. The van der Waals surface area contributed by atoms with Crippen LogP contribution in [0.1, 0.15) is 262 Å². The predicted octanol–water partition coefficient (Wildman–Crippen LogP) is 11.2. The molecule has 0 bridgehead atoms. The third-order valence-electron chi connectivity index (χ3n) is 15.3. The Labute approximate surface area is 766 Å². The van der Waals surface area contributed by atoms with Crippen molar-refractivity contribution in [2.75, 3.05) is 9.94 Å². The number of hydrogen-bond donors (Lipinski definition) is 2. The van der Waals surface area contributed by atoms with Crippen LogP contribution in [0.3, 0.4) is 0 Å². The van der Waals surface area contributed by atoms with E-state index in [4.69, 9.17) is 29.8 Å². The number of thiol groups is 1. The number of amides is 4. The Morgan fingerprint density at radius 3 is 0.861 bits per heavy atom. The molecule has 31 nitrogen and oxygen atoms in total. The number of anilines is 1. The fourth-order valence-corrected chi connectivity index (χ4v) is 14.6. The molecular formula is C76H129F9N6Na2O25S4. The minimum atomic E-state index is -6.81. The van der Waals surface area contributed by atoms with Crippen molar-refractivity contribution >= 4 is 108 Å². The average molecular weight is 1870 g/mol. The molecular weight excluding hydrogens is 1740 g/mol. The second-order valence-electron chi connectivity index (χ2n) is 34.3. The summed E-state index contributed by atoms with van der Waals surface area (Å²) in [5.74, 6) is 0.718. The average Bonchev–Trinajstić information content (AvgIpc) is 0.738. The van der Waals surface area contributed by atoms with Gasteiger partial charge in [0.25, 0.3) is 0 Å². The number of carbonyl (C=O) groups excluding carboxylic acids is 10. The number of nitrogens with one attached hydrogen (secondary N) is 1. The smallest absolute Gasteiger partial charge is 1.00 e. The Morgan fingerprint density at radius 1 is 0.418 bits per heavy atom. The topological polar surface area (TPSA) is 405 Å². The number of halogens is 9. The standard InChI is InChI=1S/C13H20F3NO5S.3C12H21NO3.C10H18O5.C8H5F6NO4S2.C7H13NO.CH4S.CH4.2Na.H2O.H/c1-8-6-10(22-23(19,20)13(14,15)16)7-9(2)17(8)11(18)21-12(3,4)5;3*1-8-6-10(14)7-9(2)13(8)11(15)16-12(3,4)5;1-9(2,3)14-7(11)13-8(12)15-10(4,5)6;9-7(10,11)20(16,17)15(6-4-2-1-3-5-6)21(18,19)8(12,13)14;1-5-3-7(9)4-6(2)8-5;1-2;;;;;/h6,8-9H,7H2,1-5H3;3*8-9H,6-7H2,1-5H3;1-6H3;1-5H;5-6,8H,3-4H2,1-2H3;2H,1H3;1H4;;;1H2;/q;;;;;;;;;2*+1;;-1/p-1/t8-,9-;8-,9+;2*8-,9-;;;;;;;;;/m0.00........./s1/i;;;;;;;1D;;;;;. The summed E-state index contributed by atoms with van der Waals surface area (Å²) in [4.78, 5) is 121. The summed E-state index contributed by atoms with van der Waals surface area (Å²) in [5.41, 5.74) is -22.9. The normalized spacial score (nSPS) is 21.7. The molecule has 5 aliphatic heterocycles. The molecule has 2 unspecified atom stereocenters. The van der Waals surface area contributed by atoms with E-state index in [-0.39, 0.29) is 164 Å². The molecule has 2 N–H and O–H groups in total. The van der Waals surface area contributed by atoms with E-state index in [1.807, 2.05) is 118 Å². The molecule has 1 aromatic carbocycles. The number of Topliss-reactive ketones (excluding diaryl/α,β-unsaturated/α-hetero) is 4. The van der Waals surface area contributed by atoms with Gasteiger partial charge in [0.1, 0.15) is 62.5 Å². The van der Waals surface area contributed by atoms with Gasteiger partial charge in [-0.3, -0.25) is 24.1 Å². The number of carbonyl (C=O) groups is 10. The van der Waals surface area contributed by atoms with Crippen molar-refractivity contribution < 1.29 is 217 Å². The number of piperidine rings is 4. The molecule has 6 rings (SSSR count). The zero-order valence-corrected chi connectivity index (χ0v) is 82.2. The molecule has 10 atom stereocenters. The molecule has 4 saturated heterocycles. The second-order valence-corrected chi connectivity index (χ2v) is 39.6. The minimum Gasteiger partial charge on any atom is -1.00 e. The van der Waals surface area contributed by atoms with Gasteiger partial charge in [-0.25, -0.2) is 28.8 Å². The van der Waals surface area contributed by atoms with Gasteiger partial charge in [0.15, 0.2) is 0 Å². The third kappa shape index (κ3) is 47.4. The molecule has 0 aliphatic carbocycles. The molecule has 702 valence electrons. The Morgan fingerprint density at radius 2 is 0.648 bits per heavy atom. The molecule has 0 radical (unpaired) electrons. The van der Waals surface area contributed by atoms with Crippen LogP contribution in [0.5, 0.6) is 0 Å². The first-order valence-electron chi connectivity index (χ1n) is 37.9. The number of sulfonamides is 2. The van der Waals surface area contributed by atoms with Crippen molar-refractivity contribution in [2.24, 2.45) is 0 Å². The van der Waals surface area contributed by atoms with Crippen molar-refractivity contribution in [1.29, 1.82) is 0 Å². The fourth-order valence-electron chi connectivity index (χ4n) is 11.4. The zero-order chi connectivity index (χ0) is 94.3. The maximum absolute atomic E-state index is 12.4. The van der Waals surface area contributed by atoms with Gasteiger partial charge < -0.3 is 64.3 Å². The van der Waals surface area contributed by atoms with Crippen LogP contribution in [-0.4, -0.2) is 227 Å². The summed E-state index contributed by atoms with van der Waals surface area (Å²) in [6.07, 6.45) is 1.51. The van der Waals surface area contributed by atoms with Gasteiger partial charge in [-0.15, -0.1) is 3.71 Å². The van der Waals surface area contributed by atoms with E-state index < -0.39 is 120 Å². The van der Waals surface area contributed by atoms with E-state index in [9.17, 15) is 113 Å². The first kappa shape index (κ1) is 125. The van der Waals surface area contributed by atoms with E-state index in [1.165, 1.54) is 11.8 Å². The molecule has 5 heterocycles. The summed E-state index contributed by atoms with van der Waals surface area (Å²) in [5, 5.41) is 3.29. The Balaban J connectivity index is -0.000000257. The van der Waals surface area contributed by atoms with E-state index in [1.54, 1.807) is 83.9 Å². The summed E-state index contributed by atoms with van der Waals surface area (Å²) < 4.78 is 222. The summed E-state index contributed by atoms with van der Waals surface area (Å²) in [6, 6.07) is 2.99. The van der Waals surface area contributed by atoms with Crippen molar-refractivity contribution in [2.45, 2.75) is 370 Å². The van der Waals surface area contributed by atoms with Crippen LogP contribution < -0.4 is 68.1 Å². The summed E-state index contributed by atoms with van der Waals surface area (Å²) in [6.45, 7) is 50.2. The van der Waals surface area contributed by atoms with Crippen LogP contribution in [0.4, 0.5) is 74.0 Å². The van der Waals surface area contributed by atoms with Crippen molar-refractivity contribution in [3.63, 3.8) is 0 Å². The van der Waals surface area contributed by atoms with Crippen molar-refractivity contribution in [1.82, 2.24) is 24.9 Å². The van der Waals surface area contributed by atoms with Crippen LogP contribution in [0.25, 0.3) is 0 Å². The summed E-state index contributed by atoms with van der Waals surface area (Å²) >= 11 is 3.46. The van der Waals surface area contributed by atoms with Gasteiger partial charge in [-0.1, -0.05) is 25.6 Å². The quantitative estimate of drug-likeness (QED) is 0.0404. The number of hydrogen-bond acceptors (Lipinski definition) is 27. The van der Waals surface area contributed by atoms with Crippen LogP contribution in [0, 0.1) is 0 Å². The van der Waals surface area contributed by atoms with Crippen molar-refractivity contribution in [3.05, 3.63) is 42.2 Å². The molecule has 5 aliphatic rings. The van der Waals surface area contributed by atoms with E-state index >= 15 is 0 Å². The van der Waals surface area contributed by atoms with Crippen LogP contribution in [0.15, 0.2) is 42.2 Å².